The molecule has 1 aromatic rings. The van der Waals surface area contributed by atoms with Gasteiger partial charge in [-0.25, -0.2) is 4.98 Å². The summed E-state index contributed by atoms with van der Waals surface area (Å²) in [7, 11) is 0. The smallest absolute Gasteiger partial charge is 0.263 e. The van der Waals surface area contributed by atoms with Crippen LogP contribution in [0.2, 0.25) is 0 Å². The van der Waals surface area contributed by atoms with Crippen molar-refractivity contribution in [2.45, 2.75) is 51.6 Å². The van der Waals surface area contributed by atoms with E-state index in [2.05, 4.69) is 17.2 Å². The van der Waals surface area contributed by atoms with Crippen molar-refractivity contribution in [1.29, 1.82) is 0 Å². The van der Waals surface area contributed by atoms with E-state index in [0.717, 1.165) is 30.7 Å². The van der Waals surface area contributed by atoms with Gasteiger partial charge in [-0.1, -0.05) is 19.8 Å². The highest BCUT2D eigenvalue weighted by Gasteiger charge is 2.23. The molecule has 2 N–H and O–H groups in total. The van der Waals surface area contributed by atoms with Crippen LogP contribution in [0, 0.1) is 5.92 Å². The lowest BCUT2D eigenvalue weighted by atomic mass is 10.0. The number of hydrogen-bond acceptors (Lipinski definition) is 4. The van der Waals surface area contributed by atoms with E-state index in [1.165, 1.54) is 24.2 Å². The van der Waals surface area contributed by atoms with Gasteiger partial charge < -0.3 is 10.4 Å². The van der Waals surface area contributed by atoms with Crippen LogP contribution in [0.5, 0.6) is 0 Å². The lowest BCUT2D eigenvalue weighted by Crippen LogP contribution is -2.35. The predicted octanol–water partition coefficient (Wildman–Crippen LogP) is 2.38. The van der Waals surface area contributed by atoms with Gasteiger partial charge in [-0.2, -0.15) is 0 Å². The second kappa shape index (κ2) is 7.01. The zero-order valence-electron chi connectivity index (χ0n) is 11.4. The zero-order valence-corrected chi connectivity index (χ0v) is 12.2. The van der Waals surface area contributed by atoms with Crippen molar-refractivity contribution < 1.29 is 9.90 Å². The number of thiazole rings is 1. The van der Waals surface area contributed by atoms with E-state index >= 15 is 0 Å². The molecule has 4 nitrogen and oxygen atoms in total. The van der Waals surface area contributed by atoms with Crippen LogP contribution in [0.15, 0.2) is 6.20 Å². The summed E-state index contributed by atoms with van der Waals surface area (Å²) in [5.74, 6) is 0.245. The molecule has 1 aromatic heterocycles. The number of nitrogens with zero attached hydrogens (tertiary/aromatic N) is 1. The molecular formula is C14H22N2O2S. The van der Waals surface area contributed by atoms with E-state index in [9.17, 15) is 9.90 Å². The average molecular weight is 282 g/mol. The quantitative estimate of drug-likeness (QED) is 0.842. The molecule has 1 amide bonds. The summed E-state index contributed by atoms with van der Waals surface area (Å²) >= 11 is 1.44. The summed E-state index contributed by atoms with van der Waals surface area (Å²) in [6.45, 7) is 2.45. The van der Waals surface area contributed by atoms with Crippen LogP contribution in [0.4, 0.5) is 0 Å². The fourth-order valence-corrected chi connectivity index (χ4v) is 3.47. The number of carbonyl (C=O) groups excluding carboxylic acids is 1. The molecular weight excluding hydrogens is 260 g/mol. The minimum Gasteiger partial charge on any atom is -0.391 e. The second-order valence-corrected chi connectivity index (χ2v) is 6.31. The molecule has 106 valence electrons. The first-order chi connectivity index (χ1) is 9.20. The Kier molecular flexibility index (Phi) is 5.34. The molecule has 5 heteroatoms. The van der Waals surface area contributed by atoms with Gasteiger partial charge in [0.05, 0.1) is 17.3 Å². The molecule has 19 heavy (non-hydrogen) atoms. The first kappa shape index (κ1) is 14.5. The molecule has 0 aliphatic heterocycles. The Balaban J connectivity index is 1.79. The number of aromatic nitrogens is 1. The predicted molar refractivity (Wildman–Crippen MR) is 76.4 cm³/mol. The lowest BCUT2D eigenvalue weighted by molar-refractivity contribution is 0.0843. The molecule has 1 saturated carbocycles. The van der Waals surface area contributed by atoms with Gasteiger partial charge in [0.25, 0.3) is 5.91 Å². The van der Waals surface area contributed by atoms with Gasteiger partial charge in [0.2, 0.25) is 0 Å². The van der Waals surface area contributed by atoms with Crippen LogP contribution in [0.1, 0.15) is 53.7 Å². The summed E-state index contributed by atoms with van der Waals surface area (Å²) in [4.78, 5) is 16.8. The van der Waals surface area contributed by atoms with Gasteiger partial charge in [-0.15, -0.1) is 11.3 Å². The number of nitrogens with one attached hydrogen (secondary N) is 1. The third-order valence-corrected chi connectivity index (χ3v) is 4.71. The Morgan fingerprint density at radius 1 is 1.58 bits per heavy atom. The molecule has 1 heterocycles. The molecule has 0 aromatic carbocycles. The summed E-state index contributed by atoms with van der Waals surface area (Å²) in [5.41, 5.74) is 0. The van der Waals surface area contributed by atoms with Crippen molar-refractivity contribution in [2.75, 3.05) is 6.54 Å². The second-order valence-electron chi connectivity index (χ2n) is 5.19. The first-order valence-corrected chi connectivity index (χ1v) is 7.93. The van der Waals surface area contributed by atoms with Gasteiger partial charge in [0.1, 0.15) is 4.88 Å². The number of rotatable bonds is 6. The van der Waals surface area contributed by atoms with Crippen LogP contribution in [-0.2, 0) is 6.42 Å². The normalized spacial score (nSPS) is 17.6. The molecule has 1 fully saturated rings. The zero-order chi connectivity index (χ0) is 13.7. The minimum atomic E-state index is -0.408. The Hall–Kier alpha value is -0.940. The Labute approximate surface area is 118 Å². The highest BCUT2D eigenvalue weighted by atomic mass is 32.1. The SMILES string of the molecule is CCCc1ncc(C(=O)NC[C@H](O)C2CCCC2)s1. The van der Waals surface area contributed by atoms with Crippen molar-refractivity contribution in [1.82, 2.24) is 10.3 Å². The molecule has 2 rings (SSSR count). The van der Waals surface area contributed by atoms with Gasteiger partial charge >= 0.3 is 0 Å². The third kappa shape index (κ3) is 4.01. The highest BCUT2D eigenvalue weighted by molar-refractivity contribution is 7.13. The largest absolute Gasteiger partial charge is 0.391 e. The maximum atomic E-state index is 11.9. The number of aliphatic hydroxyl groups is 1. The number of amides is 1. The number of carbonyl (C=O) groups is 1. The van der Waals surface area contributed by atoms with Crippen molar-refractivity contribution >= 4 is 17.2 Å². The summed E-state index contributed by atoms with van der Waals surface area (Å²) in [5, 5.41) is 13.8. The molecule has 1 aliphatic rings. The van der Waals surface area contributed by atoms with Crippen LogP contribution in [0.3, 0.4) is 0 Å². The average Bonchev–Trinajstić information content (AvgIpc) is 3.06. The van der Waals surface area contributed by atoms with Crippen molar-refractivity contribution in [2.24, 2.45) is 5.92 Å². The van der Waals surface area contributed by atoms with E-state index in [1.807, 2.05) is 0 Å². The fraction of sp³-hybridized carbons (Fsp3) is 0.714. The molecule has 0 unspecified atom stereocenters. The van der Waals surface area contributed by atoms with Crippen molar-refractivity contribution in [3.05, 3.63) is 16.1 Å². The van der Waals surface area contributed by atoms with Gasteiger partial charge in [-0.3, -0.25) is 4.79 Å². The summed E-state index contributed by atoms with van der Waals surface area (Å²) < 4.78 is 0. The summed E-state index contributed by atoms with van der Waals surface area (Å²) in [6, 6.07) is 0. The fourth-order valence-electron chi connectivity index (χ4n) is 2.54. The third-order valence-electron chi connectivity index (χ3n) is 3.66. The van der Waals surface area contributed by atoms with E-state index in [-0.39, 0.29) is 5.91 Å². The lowest BCUT2D eigenvalue weighted by Gasteiger charge is -2.17. The number of hydrogen-bond donors (Lipinski definition) is 2. The molecule has 0 saturated heterocycles. The highest BCUT2D eigenvalue weighted by Crippen LogP contribution is 2.27. The van der Waals surface area contributed by atoms with Crippen LogP contribution in [0.25, 0.3) is 0 Å². The maximum Gasteiger partial charge on any atom is 0.263 e. The van der Waals surface area contributed by atoms with Crippen LogP contribution in [-0.4, -0.2) is 28.6 Å². The van der Waals surface area contributed by atoms with Gasteiger partial charge in [-0.05, 0) is 31.6 Å². The van der Waals surface area contributed by atoms with E-state index in [4.69, 9.17) is 0 Å². The Bertz CT molecular complexity index is 413. The molecule has 0 bridgehead atoms. The van der Waals surface area contributed by atoms with Crippen LogP contribution >= 0.6 is 11.3 Å². The number of aliphatic hydroxyl groups excluding tert-OH is 1. The molecule has 1 aliphatic carbocycles. The van der Waals surface area contributed by atoms with Gasteiger partial charge in [0, 0.05) is 6.54 Å². The van der Waals surface area contributed by atoms with Crippen molar-refractivity contribution in [3.63, 3.8) is 0 Å². The van der Waals surface area contributed by atoms with E-state index in [0.29, 0.717) is 17.3 Å². The van der Waals surface area contributed by atoms with E-state index < -0.39 is 6.10 Å². The Morgan fingerprint density at radius 3 is 3.00 bits per heavy atom. The molecule has 0 radical (unpaired) electrons. The Morgan fingerprint density at radius 2 is 2.32 bits per heavy atom. The maximum absolute atomic E-state index is 11.9. The summed E-state index contributed by atoms with van der Waals surface area (Å²) in [6.07, 6.45) is 7.74. The van der Waals surface area contributed by atoms with Crippen molar-refractivity contribution in [3.8, 4) is 0 Å². The molecule has 0 spiro atoms. The van der Waals surface area contributed by atoms with Crippen LogP contribution < -0.4 is 5.32 Å². The van der Waals surface area contributed by atoms with E-state index in [1.54, 1.807) is 6.20 Å². The number of aryl methyl sites for hydroxylation is 1. The minimum absolute atomic E-state index is 0.114. The topological polar surface area (TPSA) is 62.2 Å². The first-order valence-electron chi connectivity index (χ1n) is 7.11. The standard InChI is InChI=1S/C14H22N2O2S/c1-2-5-13-15-9-12(19-13)14(18)16-8-11(17)10-6-3-4-7-10/h9-11,17H,2-8H2,1H3,(H,16,18)/t11-/m0/s1. The van der Waals surface area contributed by atoms with Gasteiger partial charge in [0.15, 0.2) is 0 Å². The molecule has 1 atom stereocenters. The monoisotopic (exact) mass is 282 g/mol.